The zero-order valence-electron chi connectivity index (χ0n) is 18.8. The quantitative estimate of drug-likeness (QED) is 0.185. The predicted molar refractivity (Wildman–Crippen MR) is 121 cm³/mol. The topological polar surface area (TPSA) is 180 Å². The fourth-order valence-corrected chi connectivity index (χ4v) is 3.75. The summed E-state index contributed by atoms with van der Waals surface area (Å²) in [7, 11) is 0. The van der Waals surface area contributed by atoms with Gasteiger partial charge in [-0.15, -0.1) is 0 Å². The Labute approximate surface area is 192 Å². The summed E-state index contributed by atoms with van der Waals surface area (Å²) < 4.78 is 0. The predicted octanol–water partition coefficient (Wildman–Crippen LogP) is -1.05. The highest BCUT2D eigenvalue weighted by atomic mass is 32.2. The highest BCUT2D eigenvalue weighted by molar-refractivity contribution is 7.98. The number of rotatable bonds is 14. The average molecular weight is 474 g/mol. The van der Waals surface area contributed by atoms with Crippen LogP contribution in [0.15, 0.2) is 0 Å². The molecule has 0 aromatic rings. The van der Waals surface area contributed by atoms with Crippen molar-refractivity contribution in [1.82, 2.24) is 21.3 Å². The van der Waals surface area contributed by atoms with Gasteiger partial charge in [0, 0.05) is 6.42 Å². The molecule has 1 heterocycles. The second kappa shape index (κ2) is 13.9. The smallest absolute Gasteiger partial charge is 0.326 e. The first-order chi connectivity index (χ1) is 15.1. The van der Waals surface area contributed by atoms with Gasteiger partial charge in [0.1, 0.15) is 18.1 Å². The molecule has 0 aliphatic carbocycles. The summed E-state index contributed by atoms with van der Waals surface area (Å²) in [5, 5.41) is 20.1. The van der Waals surface area contributed by atoms with E-state index in [-0.39, 0.29) is 31.1 Å². The molecule has 182 valence electrons. The van der Waals surface area contributed by atoms with Gasteiger partial charge in [0.2, 0.25) is 23.6 Å². The zero-order chi connectivity index (χ0) is 24.3. The highest BCUT2D eigenvalue weighted by Crippen LogP contribution is 2.09. The molecule has 0 bridgehead atoms. The van der Waals surface area contributed by atoms with E-state index in [2.05, 4.69) is 21.3 Å². The van der Waals surface area contributed by atoms with Crippen LogP contribution in [0.5, 0.6) is 0 Å². The van der Waals surface area contributed by atoms with E-state index in [1.807, 2.05) is 6.26 Å². The third kappa shape index (κ3) is 9.43. The van der Waals surface area contributed by atoms with E-state index in [1.165, 1.54) is 11.8 Å². The molecule has 1 aliphatic rings. The molecule has 1 saturated heterocycles. The third-order valence-electron chi connectivity index (χ3n) is 5.16. The second-order valence-corrected chi connectivity index (χ2v) is 9.11. The van der Waals surface area contributed by atoms with Gasteiger partial charge in [-0.05, 0) is 50.2 Å². The van der Waals surface area contributed by atoms with E-state index in [4.69, 9.17) is 5.73 Å². The van der Waals surface area contributed by atoms with E-state index >= 15 is 0 Å². The summed E-state index contributed by atoms with van der Waals surface area (Å²) in [6.45, 7) is 4.04. The van der Waals surface area contributed by atoms with Crippen molar-refractivity contribution in [3.05, 3.63) is 0 Å². The number of hydrogen-bond donors (Lipinski definition) is 6. The maximum absolute atomic E-state index is 12.9. The SMILES string of the molecule is CSCCC(NC(=O)C(CCC(N)=O)NC(=O)C1CCCN1)C(=O)NC(C(=O)O)C(C)C. The number of carbonyl (C=O) groups is 5. The molecule has 0 aromatic heterocycles. The van der Waals surface area contributed by atoms with E-state index in [0.29, 0.717) is 18.7 Å². The van der Waals surface area contributed by atoms with Crippen molar-refractivity contribution in [2.24, 2.45) is 11.7 Å². The molecular formula is C20H35N5O6S. The lowest BCUT2D eigenvalue weighted by Crippen LogP contribution is -2.57. The Kier molecular flexibility index (Phi) is 12.1. The van der Waals surface area contributed by atoms with Gasteiger partial charge < -0.3 is 32.1 Å². The molecule has 11 nitrogen and oxygen atoms in total. The van der Waals surface area contributed by atoms with Crippen LogP contribution in [0.25, 0.3) is 0 Å². The van der Waals surface area contributed by atoms with Crippen LogP contribution in [0.3, 0.4) is 0 Å². The van der Waals surface area contributed by atoms with E-state index in [9.17, 15) is 29.1 Å². The van der Waals surface area contributed by atoms with Crippen molar-refractivity contribution in [2.75, 3.05) is 18.6 Å². The minimum atomic E-state index is -1.17. The van der Waals surface area contributed by atoms with Crippen LogP contribution >= 0.6 is 11.8 Å². The van der Waals surface area contributed by atoms with Gasteiger partial charge in [-0.2, -0.15) is 11.8 Å². The Hall–Kier alpha value is -2.34. The van der Waals surface area contributed by atoms with Gasteiger partial charge in [-0.25, -0.2) is 4.79 Å². The maximum atomic E-state index is 12.9. The van der Waals surface area contributed by atoms with Crippen molar-refractivity contribution in [3.63, 3.8) is 0 Å². The first-order valence-electron chi connectivity index (χ1n) is 10.7. The van der Waals surface area contributed by atoms with Gasteiger partial charge in [0.05, 0.1) is 6.04 Å². The normalized spacial score (nSPS) is 18.4. The van der Waals surface area contributed by atoms with Crippen LogP contribution in [0.2, 0.25) is 0 Å². The zero-order valence-corrected chi connectivity index (χ0v) is 19.6. The Morgan fingerprint density at radius 1 is 1.06 bits per heavy atom. The minimum Gasteiger partial charge on any atom is -0.480 e. The molecule has 0 saturated carbocycles. The van der Waals surface area contributed by atoms with Gasteiger partial charge >= 0.3 is 5.97 Å². The number of carboxylic acids is 1. The number of nitrogens with one attached hydrogen (secondary N) is 4. The molecule has 1 rings (SSSR count). The molecule has 0 aromatic carbocycles. The lowest BCUT2D eigenvalue weighted by atomic mass is 10.0. The number of amides is 4. The highest BCUT2D eigenvalue weighted by Gasteiger charge is 2.32. The molecule has 32 heavy (non-hydrogen) atoms. The summed E-state index contributed by atoms with van der Waals surface area (Å²) in [5.74, 6) is -3.20. The first kappa shape index (κ1) is 27.7. The van der Waals surface area contributed by atoms with Crippen LogP contribution in [0, 0.1) is 5.92 Å². The summed E-state index contributed by atoms with van der Waals surface area (Å²) in [5.41, 5.74) is 5.20. The lowest BCUT2D eigenvalue weighted by Gasteiger charge is -2.26. The van der Waals surface area contributed by atoms with Crippen LogP contribution in [0.1, 0.15) is 46.0 Å². The molecule has 12 heteroatoms. The number of hydrogen-bond acceptors (Lipinski definition) is 7. The summed E-state index contributed by atoms with van der Waals surface area (Å²) in [6.07, 6.45) is 3.46. The summed E-state index contributed by atoms with van der Waals surface area (Å²) in [4.78, 5) is 60.8. The van der Waals surface area contributed by atoms with Crippen LogP contribution in [-0.4, -0.2) is 77.4 Å². The van der Waals surface area contributed by atoms with Crippen LogP contribution < -0.4 is 27.0 Å². The van der Waals surface area contributed by atoms with Gasteiger partial charge in [0.15, 0.2) is 0 Å². The fraction of sp³-hybridized carbons (Fsp3) is 0.750. The molecule has 0 spiro atoms. The van der Waals surface area contributed by atoms with Crippen molar-refractivity contribution < 1.29 is 29.1 Å². The molecule has 1 fully saturated rings. The lowest BCUT2D eigenvalue weighted by molar-refractivity contribution is -0.143. The minimum absolute atomic E-state index is 0.0137. The number of carbonyl (C=O) groups excluding carboxylic acids is 4. The van der Waals surface area contributed by atoms with Crippen molar-refractivity contribution in [3.8, 4) is 0 Å². The first-order valence-corrected chi connectivity index (χ1v) is 12.1. The Bertz CT molecular complexity index is 683. The van der Waals surface area contributed by atoms with Crippen molar-refractivity contribution >= 4 is 41.4 Å². The Morgan fingerprint density at radius 3 is 2.19 bits per heavy atom. The Balaban J connectivity index is 2.91. The summed E-state index contributed by atoms with van der Waals surface area (Å²) >= 11 is 1.47. The Morgan fingerprint density at radius 2 is 1.69 bits per heavy atom. The monoisotopic (exact) mass is 473 g/mol. The molecule has 7 N–H and O–H groups in total. The number of aliphatic carboxylic acids is 1. The average Bonchev–Trinajstić information content (AvgIpc) is 3.26. The third-order valence-corrected chi connectivity index (χ3v) is 5.81. The molecule has 4 atom stereocenters. The van der Waals surface area contributed by atoms with Gasteiger partial charge in [-0.1, -0.05) is 13.8 Å². The van der Waals surface area contributed by atoms with E-state index < -0.39 is 47.9 Å². The molecule has 4 unspecified atom stereocenters. The summed E-state index contributed by atoms with van der Waals surface area (Å²) in [6, 6.07) is -3.57. The molecule has 4 amide bonds. The van der Waals surface area contributed by atoms with Crippen molar-refractivity contribution in [2.45, 2.75) is 70.1 Å². The molecular weight excluding hydrogens is 438 g/mol. The van der Waals surface area contributed by atoms with E-state index in [0.717, 1.165) is 6.42 Å². The number of primary amides is 1. The van der Waals surface area contributed by atoms with Gasteiger partial charge in [0.25, 0.3) is 0 Å². The number of carboxylic acid groups (broad SMARTS) is 1. The number of nitrogens with two attached hydrogens (primary N) is 1. The van der Waals surface area contributed by atoms with Crippen LogP contribution in [0.4, 0.5) is 0 Å². The maximum Gasteiger partial charge on any atom is 0.326 e. The second-order valence-electron chi connectivity index (χ2n) is 8.13. The van der Waals surface area contributed by atoms with E-state index in [1.54, 1.807) is 13.8 Å². The molecule has 0 radical (unpaired) electrons. The molecule has 1 aliphatic heterocycles. The van der Waals surface area contributed by atoms with Crippen LogP contribution in [-0.2, 0) is 24.0 Å². The fourth-order valence-electron chi connectivity index (χ4n) is 3.28. The van der Waals surface area contributed by atoms with Gasteiger partial charge in [-0.3, -0.25) is 19.2 Å². The standard InChI is InChI=1S/C20H35N5O6S/c1-11(2)16(20(30)31)25-19(29)14(8-10-32-3)24-18(28)13(6-7-15(21)26)23-17(27)12-5-4-9-22-12/h11-14,16,22H,4-10H2,1-3H3,(H2,21,26)(H,23,27)(H,24,28)(H,25,29)(H,30,31). The number of thioether (sulfide) groups is 1. The van der Waals surface area contributed by atoms with Crippen molar-refractivity contribution in [1.29, 1.82) is 0 Å². The largest absolute Gasteiger partial charge is 0.480 e.